The highest BCUT2D eigenvalue weighted by atomic mass is 16.6. The molecular formula is C15H19N3O4. The lowest BCUT2D eigenvalue weighted by atomic mass is 10.1. The zero-order valence-electron chi connectivity index (χ0n) is 12.3. The van der Waals surface area contributed by atoms with E-state index in [1.54, 1.807) is 12.1 Å². The SMILES string of the molecule is O=C(Cc1ccc([N+](=O)[O-])cc1)NCCC(=O)N1CCCC1. The average Bonchev–Trinajstić information content (AvgIpc) is 3.02. The maximum atomic E-state index is 11.8. The van der Waals surface area contributed by atoms with Gasteiger partial charge < -0.3 is 10.2 Å². The quantitative estimate of drug-likeness (QED) is 0.632. The number of nitrogens with zero attached hydrogens (tertiary/aromatic N) is 2. The summed E-state index contributed by atoms with van der Waals surface area (Å²) in [7, 11) is 0. The summed E-state index contributed by atoms with van der Waals surface area (Å²) < 4.78 is 0. The van der Waals surface area contributed by atoms with Gasteiger partial charge in [-0.1, -0.05) is 12.1 Å². The van der Waals surface area contributed by atoms with E-state index in [1.165, 1.54) is 12.1 Å². The van der Waals surface area contributed by atoms with Crippen molar-refractivity contribution in [2.45, 2.75) is 25.7 Å². The van der Waals surface area contributed by atoms with E-state index in [0.717, 1.165) is 25.9 Å². The molecule has 0 bridgehead atoms. The van der Waals surface area contributed by atoms with Gasteiger partial charge in [0.1, 0.15) is 0 Å². The van der Waals surface area contributed by atoms with Crippen LogP contribution in [0.2, 0.25) is 0 Å². The van der Waals surface area contributed by atoms with Crippen molar-refractivity contribution in [2.75, 3.05) is 19.6 Å². The summed E-state index contributed by atoms with van der Waals surface area (Å²) in [5.41, 5.74) is 0.703. The number of nitrogens with one attached hydrogen (secondary N) is 1. The smallest absolute Gasteiger partial charge is 0.269 e. The van der Waals surface area contributed by atoms with Gasteiger partial charge in [0, 0.05) is 38.2 Å². The number of carbonyl (C=O) groups is 2. The molecule has 1 aromatic rings. The lowest BCUT2D eigenvalue weighted by molar-refractivity contribution is -0.384. The third-order valence-electron chi connectivity index (χ3n) is 3.63. The molecule has 0 saturated carbocycles. The summed E-state index contributed by atoms with van der Waals surface area (Å²) in [6, 6.07) is 5.87. The van der Waals surface area contributed by atoms with E-state index >= 15 is 0 Å². The maximum Gasteiger partial charge on any atom is 0.269 e. The molecule has 1 aliphatic rings. The molecule has 1 N–H and O–H groups in total. The summed E-state index contributed by atoms with van der Waals surface area (Å²) >= 11 is 0. The van der Waals surface area contributed by atoms with Crippen molar-refractivity contribution in [1.29, 1.82) is 0 Å². The van der Waals surface area contributed by atoms with Crippen LogP contribution in [-0.4, -0.2) is 41.3 Å². The Balaban J connectivity index is 1.71. The molecule has 0 spiro atoms. The molecule has 2 amide bonds. The van der Waals surface area contributed by atoms with Gasteiger partial charge in [0.15, 0.2) is 0 Å². The number of nitro benzene ring substituents is 1. The number of hydrogen-bond acceptors (Lipinski definition) is 4. The maximum absolute atomic E-state index is 11.8. The lowest BCUT2D eigenvalue weighted by Crippen LogP contribution is -2.33. The highest BCUT2D eigenvalue weighted by molar-refractivity contribution is 5.80. The van der Waals surface area contributed by atoms with Gasteiger partial charge in [0.2, 0.25) is 11.8 Å². The first-order valence-corrected chi connectivity index (χ1v) is 7.34. The Labute approximate surface area is 128 Å². The summed E-state index contributed by atoms with van der Waals surface area (Å²) in [4.78, 5) is 35.4. The van der Waals surface area contributed by atoms with Crippen LogP contribution in [0.15, 0.2) is 24.3 Å². The van der Waals surface area contributed by atoms with Crippen LogP contribution in [-0.2, 0) is 16.0 Å². The van der Waals surface area contributed by atoms with Crippen molar-refractivity contribution in [3.05, 3.63) is 39.9 Å². The molecule has 0 aliphatic carbocycles. The number of hydrogen-bond donors (Lipinski definition) is 1. The number of rotatable bonds is 6. The molecule has 0 unspecified atom stereocenters. The third-order valence-corrected chi connectivity index (χ3v) is 3.63. The van der Waals surface area contributed by atoms with Crippen LogP contribution in [0.3, 0.4) is 0 Å². The highest BCUT2D eigenvalue weighted by Crippen LogP contribution is 2.12. The van der Waals surface area contributed by atoms with Gasteiger partial charge in [-0.2, -0.15) is 0 Å². The summed E-state index contributed by atoms with van der Waals surface area (Å²) in [6.45, 7) is 1.95. The molecule has 1 fully saturated rings. The van der Waals surface area contributed by atoms with E-state index in [9.17, 15) is 19.7 Å². The normalized spacial score (nSPS) is 13.9. The molecule has 2 rings (SSSR count). The summed E-state index contributed by atoms with van der Waals surface area (Å²) in [5.74, 6) is -0.115. The van der Waals surface area contributed by atoms with E-state index in [4.69, 9.17) is 0 Å². The first-order chi connectivity index (χ1) is 10.6. The molecule has 1 saturated heterocycles. The number of amides is 2. The molecule has 1 aromatic carbocycles. The van der Waals surface area contributed by atoms with Gasteiger partial charge in [-0.15, -0.1) is 0 Å². The molecule has 1 aliphatic heterocycles. The topological polar surface area (TPSA) is 92.5 Å². The van der Waals surface area contributed by atoms with Crippen molar-refractivity contribution in [3.8, 4) is 0 Å². The monoisotopic (exact) mass is 305 g/mol. The molecule has 0 aromatic heterocycles. The summed E-state index contributed by atoms with van der Waals surface area (Å²) in [6.07, 6.45) is 2.57. The van der Waals surface area contributed by atoms with Crippen LogP contribution in [0.4, 0.5) is 5.69 Å². The number of nitro groups is 1. The molecular weight excluding hydrogens is 286 g/mol. The minimum atomic E-state index is -0.478. The number of likely N-dealkylation sites (tertiary alicyclic amines) is 1. The Bertz CT molecular complexity index is 550. The highest BCUT2D eigenvalue weighted by Gasteiger charge is 2.17. The zero-order chi connectivity index (χ0) is 15.9. The second-order valence-electron chi connectivity index (χ2n) is 5.29. The molecule has 118 valence electrons. The largest absolute Gasteiger partial charge is 0.355 e. The van der Waals surface area contributed by atoms with Crippen LogP contribution in [0.1, 0.15) is 24.8 Å². The average molecular weight is 305 g/mol. The van der Waals surface area contributed by atoms with E-state index in [2.05, 4.69) is 5.32 Å². The first-order valence-electron chi connectivity index (χ1n) is 7.34. The fourth-order valence-corrected chi connectivity index (χ4v) is 2.42. The second kappa shape index (κ2) is 7.53. The number of non-ortho nitro benzene ring substituents is 1. The van der Waals surface area contributed by atoms with E-state index < -0.39 is 4.92 Å². The van der Waals surface area contributed by atoms with Gasteiger partial charge >= 0.3 is 0 Å². The van der Waals surface area contributed by atoms with Crippen LogP contribution >= 0.6 is 0 Å². The third kappa shape index (κ3) is 4.54. The molecule has 7 heteroatoms. The van der Waals surface area contributed by atoms with Crippen molar-refractivity contribution < 1.29 is 14.5 Å². The van der Waals surface area contributed by atoms with Gasteiger partial charge in [-0.3, -0.25) is 19.7 Å². The summed E-state index contributed by atoms with van der Waals surface area (Å²) in [5, 5.41) is 13.2. The van der Waals surface area contributed by atoms with Gasteiger partial charge in [-0.05, 0) is 18.4 Å². The number of benzene rings is 1. The predicted molar refractivity (Wildman–Crippen MR) is 80.2 cm³/mol. The van der Waals surface area contributed by atoms with Crippen LogP contribution < -0.4 is 5.32 Å². The number of carbonyl (C=O) groups excluding carboxylic acids is 2. The van der Waals surface area contributed by atoms with Gasteiger partial charge in [0.25, 0.3) is 5.69 Å². The van der Waals surface area contributed by atoms with Crippen molar-refractivity contribution in [3.63, 3.8) is 0 Å². The molecule has 1 heterocycles. The van der Waals surface area contributed by atoms with Gasteiger partial charge in [0.05, 0.1) is 11.3 Å². The standard InChI is InChI=1S/C15H19N3O4/c19-14(11-12-3-5-13(6-4-12)18(21)22)16-8-7-15(20)17-9-1-2-10-17/h3-6H,1-2,7-11H2,(H,16,19). The Hall–Kier alpha value is -2.44. The zero-order valence-corrected chi connectivity index (χ0v) is 12.3. The van der Waals surface area contributed by atoms with Crippen LogP contribution in [0, 0.1) is 10.1 Å². The Morgan fingerprint density at radius 1 is 1.18 bits per heavy atom. The van der Waals surface area contributed by atoms with E-state index in [0.29, 0.717) is 18.5 Å². The Morgan fingerprint density at radius 2 is 1.82 bits per heavy atom. The fourth-order valence-electron chi connectivity index (χ4n) is 2.42. The fraction of sp³-hybridized carbons (Fsp3) is 0.467. The molecule has 22 heavy (non-hydrogen) atoms. The molecule has 0 radical (unpaired) electrons. The minimum Gasteiger partial charge on any atom is -0.355 e. The van der Waals surface area contributed by atoms with Crippen molar-refractivity contribution in [2.24, 2.45) is 0 Å². The minimum absolute atomic E-state index is 0.000341. The first kappa shape index (κ1) is 15.9. The second-order valence-corrected chi connectivity index (χ2v) is 5.29. The predicted octanol–water partition coefficient (Wildman–Crippen LogP) is 1.27. The molecule has 0 atom stereocenters. The molecule has 7 nitrogen and oxygen atoms in total. The van der Waals surface area contributed by atoms with Crippen molar-refractivity contribution in [1.82, 2.24) is 10.2 Å². The van der Waals surface area contributed by atoms with Crippen LogP contribution in [0.5, 0.6) is 0 Å². The Morgan fingerprint density at radius 3 is 2.41 bits per heavy atom. The Kier molecular flexibility index (Phi) is 5.46. The van der Waals surface area contributed by atoms with E-state index in [1.807, 2.05) is 4.90 Å². The van der Waals surface area contributed by atoms with E-state index in [-0.39, 0.29) is 23.9 Å². The van der Waals surface area contributed by atoms with Crippen LogP contribution in [0.25, 0.3) is 0 Å². The van der Waals surface area contributed by atoms with Crippen molar-refractivity contribution >= 4 is 17.5 Å². The lowest BCUT2D eigenvalue weighted by Gasteiger charge is -2.15. The van der Waals surface area contributed by atoms with Gasteiger partial charge in [-0.25, -0.2) is 0 Å².